The molecule has 1 aliphatic rings. The van der Waals surface area contributed by atoms with Crippen LogP contribution in [0.4, 0.5) is 5.69 Å². The Balaban J connectivity index is 1.89. The summed E-state index contributed by atoms with van der Waals surface area (Å²) in [5, 5.41) is 14.4. The average Bonchev–Trinajstić information content (AvgIpc) is 2.45. The first-order chi connectivity index (χ1) is 9.19. The molecule has 1 aromatic carbocycles. The first-order valence-electron chi connectivity index (χ1n) is 5.97. The number of carbonyl (C=O) groups excluding carboxylic acids is 2. The van der Waals surface area contributed by atoms with Crippen molar-refractivity contribution in [2.45, 2.75) is 0 Å². The lowest BCUT2D eigenvalue weighted by molar-refractivity contribution is -0.136. The molecule has 0 unspecified atom stereocenters. The maximum atomic E-state index is 11.9. The fourth-order valence-corrected chi connectivity index (χ4v) is 1.84. The number of hydrogen-bond donors (Lipinski definition) is 2. The monoisotopic (exact) mass is 258 g/mol. The van der Waals surface area contributed by atoms with E-state index in [1.54, 1.807) is 24.3 Å². The molecule has 1 aromatic rings. The van der Waals surface area contributed by atoms with E-state index < -0.39 is 0 Å². The van der Waals surface area contributed by atoms with Crippen LogP contribution < -0.4 is 10.6 Å². The van der Waals surface area contributed by atoms with Gasteiger partial charge in [-0.2, -0.15) is 5.26 Å². The van der Waals surface area contributed by atoms with Crippen molar-refractivity contribution >= 4 is 17.5 Å². The second kappa shape index (κ2) is 5.87. The number of nitriles is 1. The van der Waals surface area contributed by atoms with Gasteiger partial charge in [0.1, 0.15) is 0 Å². The van der Waals surface area contributed by atoms with Crippen molar-refractivity contribution in [3.63, 3.8) is 0 Å². The van der Waals surface area contributed by atoms with Crippen LogP contribution in [0.3, 0.4) is 0 Å². The predicted octanol–water partition coefficient (Wildman–Crippen LogP) is -0.0714. The van der Waals surface area contributed by atoms with Crippen LogP contribution >= 0.6 is 0 Å². The van der Waals surface area contributed by atoms with Gasteiger partial charge < -0.3 is 15.5 Å². The number of piperazine rings is 1. The maximum Gasteiger partial charge on any atom is 0.242 e. The zero-order valence-electron chi connectivity index (χ0n) is 10.3. The molecule has 0 atom stereocenters. The van der Waals surface area contributed by atoms with Crippen molar-refractivity contribution in [1.82, 2.24) is 10.2 Å². The van der Waals surface area contributed by atoms with Gasteiger partial charge in [0.25, 0.3) is 0 Å². The zero-order chi connectivity index (χ0) is 13.7. The maximum absolute atomic E-state index is 11.9. The molecule has 19 heavy (non-hydrogen) atoms. The van der Waals surface area contributed by atoms with Gasteiger partial charge in [-0.05, 0) is 18.2 Å². The lowest BCUT2D eigenvalue weighted by Crippen LogP contribution is -2.51. The number of amides is 2. The summed E-state index contributed by atoms with van der Waals surface area (Å²) in [4.78, 5) is 24.6. The highest BCUT2D eigenvalue weighted by Crippen LogP contribution is 2.09. The highest BCUT2D eigenvalue weighted by atomic mass is 16.2. The molecule has 2 N–H and O–H groups in total. The topological polar surface area (TPSA) is 85.2 Å². The summed E-state index contributed by atoms with van der Waals surface area (Å²) in [6, 6.07) is 8.95. The van der Waals surface area contributed by atoms with Crippen LogP contribution in [0.5, 0.6) is 0 Å². The Kier molecular flexibility index (Phi) is 3.98. The summed E-state index contributed by atoms with van der Waals surface area (Å²) in [6.07, 6.45) is 0. The van der Waals surface area contributed by atoms with Gasteiger partial charge in [0.05, 0.1) is 24.7 Å². The Morgan fingerprint density at radius 1 is 1.53 bits per heavy atom. The van der Waals surface area contributed by atoms with Crippen LogP contribution in [0.15, 0.2) is 24.3 Å². The van der Waals surface area contributed by atoms with E-state index in [1.165, 1.54) is 4.90 Å². The number of anilines is 1. The van der Waals surface area contributed by atoms with E-state index in [4.69, 9.17) is 5.26 Å². The van der Waals surface area contributed by atoms with E-state index in [9.17, 15) is 9.59 Å². The molecule has 1 fully saturated rings. The lowest BCUT2D eigenvalue weighted by atomic mass is 10.2. The smallest absolute Gasteiger partial charge is 0.242 e. The van der Waals surface area contributed by atoms with Crippen molar-refractivity contribution in [1.29, 1.82) is 5.26 Å². The third-order valence-electron chi connectivity index (χ3n) is 2.83. The minimum atomic E-state index is -0.133. The molecular formula is C13H14N4O2. The molecule has 0 bridgehead atoms. The van der Waals surface area contributed by atoms with E-state index in [0.717, 1.165) is 0 Å². The van der Waals surface area contributed by atoms with Gasteiger partial charge >= 0.3 is 0 Å². The molecular weight excluding hydrogens is 244 g/mol. The second-order valence-electron chi connectivity index (χ2n) is 4.21. The number of nitrogens with one attached hydrogen (secondary N) is 2. The minimum absolute atomic E-state index is 0.110. The number of benzene rings is 1. The van der Waals surface area contributed by atoms with E-state index >= 15 is 0 Å². The van der Waals surface area contributed by atoms with Crippen LogP contribution in [0.25, 0.3) is 0 Å². The quantitative estimate of drug-likeness (QED) is 0.794. The summed E-state index contributed by atoms with van der Waals surface area (Å²) in [5.41, 5.74) is 1.25. The molecule has 0 radical (unpaired) electrons. The van der Waals surface area contributed by atoms with Gasteiger partial charge in [-0.1, -0.05) is 6.07 Å². The van der Waals surface area contributed by atoms with Gasteiger partial charge in [0, 0.05) is 18.8 Å². The third-order valence-corrected chi connectivity index (χ3v) is 2.83. The van der Waals surface area contributed by atoms with Crippen molar-refractivity contribution in [2.24, 2.45) is 0 Å². The average molecular weight is 258 g/mol. The van der Waals surface area contributed by atoms with Crippen LogP contribution in [0, 0.1) is 11.3 Å². The predicted molar refractivity (Wildman–Crippen MR) is 69.2 cm³/mol. The van der Waals surface area contributed by atoms with Gasteiger partial charge in [0.2, 0.25) is 11.8 Å². The molecule has 0 saturated carbocycles. The Bertz CT molecular complexity index is 536. The number of hydrogen-bond acceptors (Lipinski definition) is 4. The number of nitrogens with zero attached hydrogens (tertiary/aromatic N) is 2. The molecule has 2 rings (SSSR count). The molecule has 2 amide bonds. The molecule has 6 heteroatoms. The largest absolute Gasteiger partial charge is 0.376 e. The summed E-state index contributed by atoms with van der Waals surface area (Å²) in [7, 11) is 0. The van der Waals surface area contributed by atoms with Gasteiger partial charge in [-0.25, -0.2) is 0 Å². The highest BCUT2D eigenvalue weighted by molar-refractivity contribution is 5.87. The molecule has 0 aliphatic carbocycles. The molecule has 1 aliphatic heterocycles. The first kappa shape index (κ1) is 12.9. The van der Waals surface area contributed by atoms with Crippen LogP contribution in [0.2, 0.25) is 0 Å². The van der Waals surface area contributed by atoms with Gasteiger partial charge in [-0.3, -0.25) is 9.59 Å². The summed E-state index contributed by atoms with van der Waals surface area (Å²) in [6.45, 7) is 1.25. The second-order valence-corrected chi connectivity index (χ2v) is 4.21. The Labute approximate surface area is 111 Å². The van der Waals surface area contributed by atoms with E-state index in [-0.39, 0.29) is 24.9 Å². The summed E-state index contributed by atoms with van der Waals surface area (Å²) >= 11 is 0. The van der Waals surface area contributed by atoms with Crippen LogP contribution in [0.1, 0.15) is 5.56 Å². The fourth-order valence-electron chi connectivity index (χ4n) is 1.84. The Morgan fingerprint density at radius 2 is 2.37 bits per heavy atom. The van der Waals surface area contributed by atoms with E-state index in [0.29, 0.717) is 24.3 Å². The molecule has 1 heterocycles. The van der Waals surface area contributed by atoms with E-state index in [2.05, 4.69) is 10.6 Å². The van der Waals surface area contributed by atoms with Gasteiger partial charge in [0.15, 0.2) is 0 Å². The van der Waals surface area contributed by atoms with Crippen LogP contribution in [-0.2, 0) is 9.59 Å². The zero-order valence-corrected chi connectivity index (χ0v) is 10.3. The first-order valence-corrected chi connectivity index (χ1v) is 5.97. The minimum Gasteiger partial charge on any atom is -0.376 e. The van der Waals surface area contributed by atoms with Crippen molar-refractivity contribution in [3.05, 3.63) is 29.8 Å². The van der Waals surface area contributed by atoms with E-state index in [1.807, 2.05) is 6.07 Å². The summed E-state index contributed by atoms with van der Waals surface area (Å²) < 4.78 is 0. The normalized spacial score (nSPS) is 14.5. The Hall–Kier alpha value is -2.55. The SMILES string of the molecule is N#Cc1cccc(NCC(=O)N2CCNC(=O)C2)c1. The molecule has 0 aromatic heterocycles. The number of carbonyl (C=O) groups is 2. The highest BCUT2D eigenvalue weighted by Gasteiger charge is 2.20. The summed E-state index contributed by atoms with van der Waals surface area (Å²) in [5.74, 6) is -0.261. The van der Waals surface area contributed by atoms with Crippen LogP contribution in [-0.4, -0.2) is 42.9 Å². The molecule has 1 saturated heterocycles. The molecule has 6 nitrogen and oxygen atoms in total. The molecule has 98 valence electrons. The van der Waals surface area contributed by atoms with Crippen molar-refractivity contribution < 1.29 is 9.59 Å². The lowest BCUT2D eigenvalue weighted by Gasteiger charge is -2.26. The standard InChI is InChI=1S/C13H14N4O2/c14-7-10-2-1-3-11(6-10)16-8-13(19)17-5-4-15-12(18)9-17/h1-3,6,16H,4-5,8-9H2,(H,15,18). The van der Waals surface area contributed by atoms with Gasteiger partial charge in [-0.15, -0.1) is 0 Å². The molecule has 0 spiro atoms. The van der Waals surface area contributed by atoms with Crippen molar-refractivity contribution in [3.8, 4) is 6.07 Å². The fraction of sp³-hybridized carbons (Fsp3) is 0.308. The number of rotatable bonds is 3. The van der Waals surface area contributed by atoms with Crippen molar-refractivity contribution in [2.75, 3.05) is 31.5 Å². The third kappa shape index (κ3) is 3.45. The Morgan fingerprint density at radius 3 is 3.11 bits per heavy atom.